The lowest BCUT2D eigenvalue weighted by molar-refractivity contribution is -0.857. The first-order valence-corrected chi connectivity index (χ1v) is 2.43. The number of nitrogens with zero attached hydrogens (tertiary/aromatic N) is 1. The van der Waals surface area contributed by atoms with Crippen LogP contribution in [-0.4, -0.2) is 20.6 Å². The SMILES string of the molecule is C[NH+](C)CCC#N. The third kappa shape index (κ3) is 5.45. The van der Waals surface area contributed by atoms with E-state index >= 15 is 0 Å². The zero-order valence-corrected chi connectivity index (χ0v) is 4.86. The van der Waals surface area contributed by atoms with E-state index in [1.807, 2.05) is 14.1 Å². The molecule has 0 bridgehead atoms. The molecular weight excluding hydrogens is 88.1 g/mol. The van der Waals surface area contributed by atoms with Gasteiger partial charge in [0.25, 0.3) is 0 Å². The maximum Gasteiger partial charge on any atom is 0.0898 e. The molecule has 0 heterocycles. The molecule has 0 amide bonds. The molecular formula is C5H11N2+. The predicted octanol–water partition coefficient (Wildman–Crippen LogP) is -0.955. The summed E-state index contributed by atoms with van der Waals surface area (Å²) in [6.45, 7) is 0.955. The summed E-state index contributed by atoms with van der Waals surface area (Å²) in [5, 5.41) is 8.05. The van der Waals surface area contributed by atoms with Crippen LogP contribution in [0.5, 0.6) is 0 Å². The highest BCUT2D eigenvalue weighted by Gasteiger charge is 1.87. The maximum atomic E-state index is 8.05. The summed E-state index contributed by atoms with van der Waals surface area (Å²) >= 11 is 0. The molecule has 0 saturated heterocycles. The molecule has 0 aromatic carbocycles. The Hall–Kier alpha value is -0.550. The van der Waals surface area contributed by atoms with Crippen molar-refractivity contribution < 1.29 is 4.90 Å². The zero-order valence-electron chi connectivity index (χ0n) is 4.86. The van der Waals surface area contributed by atoms with Gasteiger partial charge in [0.2, 0.25) is 0 Å². The van der Waals surface area contributed by atoms with E-state index in [1.165, 1.54) is 4.90 Å². The van der Waals surface area contributed by atoms with Gasteiger partial charge in [0, 0.05) is 0 Å². The van der Waals surface area contributed by atoms with Gasteiger partial charge >= 0.3 is 0 Å². The van der Waals surface area contributed by atoms with Gasteiger partial charge in [0.1, 0.15) is 0 Å². The lowest BCUT2D eigenvalue weighted by atomic mass is 10.4. The molecule has 7 heavy (non-hydrogen) atoms. The fourth-order valence-corrected chi connectivity index (χ4v) is 0.306. The van der Waals surface area contributed by atoms with Gasteiger partial charge in [0.15, 0.2) is 0 Å². The number of nitrogens with one attached hydrogen (secondary N) is 1. The van der Waals surface area contributed by atoms with Gasteiger partial charge in [-0.15, -0.1) is 0 Å². The first kappa shape index (κ1) is 6.45. The summed E-state index contributed by atoms with van der Waals surface area (Å²) in [5.74, 6) is 0. The van der Waals surface area contributed by atoms with Crippen LogP contribution in [0.15, 0.2) is 0 Å². The summed E-state index contributed by atoms with van der Waals surface area (Å²) in [4.78, 5) is 1.33. The van der Waals surface area contributed by atoms with E-state index in [-0.39, 0.29) is 0 Å². The van der Waals surface area contributed by atoms with Crippen LogP contribution in [0.25, 0.3) is 0 Å². The normalized spacial score (nSPS) is 8.86. The van der Waals surface area contributed by atoms with E-state index in [2.05, 4.69) is 6.07 Å². The van der Waals surface area contributed by atoms with Crippen LogP contribution in [0.2, 0.25) is 0 Å². The molecule has 0 aliphatic heterocycles. The van der Waals surface area contributed by atoms with E-state index in [9.17, 15) is 0 Å². The molecule has 0 rings (SSSR count). The molecule has 0 spiro atoms. The topological polar surface area (TPSA) is 28.2 Å². The lowest BCUT2D eigenvalue weighted by Crippen LogP contribution is -3.05. The maximum absolute atomic E-state index is 8.05. The molecule has 0 aliphatic carbocycles. The molecule has 0 fully saturated rings. The Morgan fingerprint density at radius 3 is 2.29 bits per heavy atom. The molecule has 0 aromatic rings. The standard InChI is InChI=1S/C5H10N2/c1-7(2)5-3-4-6/h3,5H2,1-2H3/p+1. The molecule has 0 radical (unpaired) electrons. The Balaban J connectivity index is 2.86. The van der Waals surface area contributed by atoms with Gasteiger partial charge in [-0.25, -0.2) is 0 Å². The van der Waals surface area contributed by atoms with Crippen molar-refractivity contribution in [3.05, 3.63) is 0 Å². The van der Waals surface area contributed by atoms with E-state index in [4.69, 9.17) is 5.26 Å². The van der Waals surface area contributed by atoms with Crippen LogP contribution in [0.3, 0.4) is 0 Å². The highest BCUT2D eigenvalue weighted by molar-refractivity contribution is 4.65. The van der Waals surface area contributed by atoms with Crippen LogP contribution in [0.4, 0.5) is 0 Å². The summed E-state index contributed by atoms with van der Waals surface area (Å²) < 4.78 is 0. The second kappa shape index (κ2) is 3.63. The van der Waals surface area contributed by atoms with Crippen molar-refractivity contribution in [3.63, 3.8) is 0 Å². The Labute approximate surface area is 44.4 Å². The van der Waals surface area contributed by atoms with E-state index < -0.39 is 0 Å². The lowest BCUT2D eigenvalue weighted by Gasteiger charge is -2.00. The van der Waals surface area contributed by atoms with Crippen LogP contribution < -0.4 is 4.90 Å². The highest BCUT2D eigenvalue weighted by Crippen LogP contribution is 1.59. The Morgan fingerprint density at radius 2 is 2.14 bits per heavy atom. The predicted molar refractivity (Wildman–Crippen MR) is 27.9 cm³/mol. The fourth-order valence-electron chi connectivity index (χ4n) is 0.306. The summed E-state index contributed by atoms with van der Waals surface area (Å²) in [7, 11) is 4.08. The molecule has 0 aliphatic rings. The van der Waals surface area contributed by atoms with Crippen molar-refractivity contribution in [1.82, 2.24) is 0 Å². The van der Waals surface area contributed by atoms with Gasteiger partial charge in [-0.05, 0) is 0 Å². The van der Waals surface area contributed by atoms with E-state index in [1.54, 1.807) is 0 Å². The third-order valence-electron chi connectivity index (χ3n) is 0.737. The fraction of sp³-hybridized carbons (Fsp3) is 0.800. The molecule has 1 N–H and O–H groups in total. The molecule has 2 nitrogen and oxygen atoms in total. The molecule has 40 valence electrons. The van der Waals surface area contributed by atoms with Crippen molar-refractivity contribution in [2.45, 2.75) is 6.42 Å². The van der Waals surface area contributed by atoms with Gasteiger partial charge in [-0.2, -0.15) is 5.26 Å². The van der Waals surface area contributed by atoms with Crippen molar-refractivity contribution in [3.8, 4) is 6.07 Å². The van der Waals surface area contributed by atoms with Gasteiger partial charge < -0.3 is 4.90 Å². The number of rotatable bonds is 2. The smallest absolute Gasteiger partial charge is 0.0898 e. The second-order valence-corrected chi connectivity index (χ2v) is 1.87. The van der Waals surface area contributed by atoms with Crippen molar-refractivity contribution in [1.29, 1.82) is 5.26 Å². The molecule has 0 unspecified atom stereocenters. The monoisotopic (exact) mass is 99.1 g/mol. The summed E-state index contributed by atoms with van der Waals surface area (Å²) in [5.41, 5.74) is 0. The molecule has 0 aromatic heterocycles. The van der Waals surface area contributed by atoms with Crippen LogP contribution in [0.1, 0.15) is 6.42 Å². The number of hydrogen-bond donors (Lipinski definition) is 1. The largest absolute Gasteiger partial charge is 0.339 e. The average Bonchev–Trinajstić information content (AvgIpc) is 1.61. The van der Waals surface area contributed by atoms with Crippen molar-refractivity contribution in [2.24, 2.45) is 0 Å². The quantitative estimate of drug-likeness (QED) is 0.474. The second-order valence-electron chi connectivity index (χ2n) is 1.87. The number of hydrogen-bond acceptors (Lipinski definition) is 1. The first-order chi connectivity index (χ1) is 3.27. The zero-order chi connectivity index (χ0) is 5.70. The molecule has 0 atom stereocenters. The number of nitriles is 1. The van der Waals surface area contributed by atoms with Crippen molar-refractivity contribution >= 4 is 0 Å². The van der Waals surface area contributed by atoms with Gasteiger partial charge in [-0.1, -0.05) is 0 Å². The molecule has 2 heteroatoms. The van der Waals surface area contributed by atoms with E-state index in [0.717, 1.165) is 6.54 Å². The third-order valence-corrected chi connectivity index (χ3v) is 0.737. The molecule has 0 saturated carbocycles. The minimum absolute atomic E-state index is 0.669. The van der Waals surface area contributed by atoms with Crippen LogP contribution in [-0.2, 0) is 0 Å². The summed E-state index contributed by atoms with van der Waals surface area (Å²) in [6, 6.07) is 2.08. The van der Waals surface area contributed by atoms with Crippen LogP contribution >= 0.6 is 0 Å². The Morgan fingerprint density at radius 1 is 1.57 bits per heavy atom. The average molecular weight is 99.2 g/mol. The van der Waals surface area contributed by atoms with Crippen LogP contribution in [0, 0.1) is 11.3 Å². The first-order valence-electron chi connectivity index (χ1n) is 2.43. The Kier molecular flexibility index (Phi) is 3.35. The van der Waals surface area contributed by atoms with Gasteiger partial charge in [0.05, 0.1) is 33.1 Å². The minimum Gasteiger partial charge on any atom is -0.339 e. The van der Waals surface area contributed by atoms with Gasteiger partial charge in [-0.3, -0.25) is 0 Å². The number of quaternary nitrogens is 1. The van der Waals surface area contributed by atoms with E-state index in [0.29, 0.717) is 6.42 Å². The Bertz CT molecular complexity index is 70.6. The minimum atomic E-state index is 0.669. The highest BCUT2D eigenvalue weighted by atomic mass is 15.0. The van der Waals surface area contributed by atoms with Crippen molar-refractivity contribution in [2.75, 3.05) is 20.6 Å². The summed E-state index contributed by atoms with van der Waals surface area (Å²) in [6.07, 6.45) is 0.669.